The first kappa shape index (κ1) is 10.0. The van der Waals surface area contributed by atoms with Gasteiger partial charge in [-0.15, -0.1) is 0 Å². The summed E-state index contributed by atoms with van der Waals surface area (Å²) < 4.78 is 0. The molecule has 2 nitrogen and oxygen atoms in total. The molecular weight excluding hydrogens is 176 g/mol. The molecule has 2 aliphatic carbocycles. The summed E-state index contributed by atoms with van der Waals surface area (Å²) in [5.41, 5.74) is 0. The number of carboxylic acid groups (broad SMARTS) is 1. The first-order chi connectivity index (χ1) is 6.77. The monoisotopic (exact) mass is 196 g/mol. The van der Waals surface area contributed by atoms with Crippen LogP contribution < -0.4 is 0 Å². The third-order valence-corrected chi connectivity index (χ3v) is 4.19. The van der Waals surface area contributed by atoms with Gasteiger partial charge in [-0.25, -0.2) is 0 Å². The van der Waals surface area contributed by atoms with Crippen LogP contribution in [0.4, 0.5) is 0 Å². The Labute approximate surface area is 85.7 Å². The first-order valence-corrected chi connectivity index (χ1v) is 6.00. The van der Waals surface area contributed by atoms with Gasteiger partial charge in [-0.2, -0.15) is 0 Å². The Balaban J connectivity index is 1.80. The quantitative estimate of drug-likeness (QED) is 0.737. The van der Waals surface area contributed by atoms with Crippen molar-refractivity contribution in [3.8, 4) is 0 Å². The van der Waals surface area contributed by atoms with Gasteiger partial charge >= 0.3 is 5.97 Å². The van der Waals surface area contributed by atoms with E-state index >= 15 is 0 Å². The molecule has 0 aromatic carbocycles. The Morgan fingerprint density at radius 2 is 1.36 bits per heavy atom. The van der Waals surface area contributed by atoms with E-state index in [-0.39, 0.29) is 5.92 Å². The van der Waals surface area contributed by atoms with Gasteiger partial charge in [-0.3, -0.25) is 4.79 Å². The highest BCUT2D eigenvalue weighted by atomic mass is 16.4. The Bertz CT molecular complexity index is 198. The van der Waals surface area contributed by atoms with Gasteiger partial charge in [0, 0.05) is 0 Å². The smallest absolute Gasteiger partial charge is 0.306 e. The van der Waals surface area contributed by atoms with Crippen molar-refractivity contribution >= 4 is 5.97 Å². The highest BCUT2D eigenvalue weighted by molar-refractivity contribution is 5.69. The van der Waals surface area contributed by atoms with Crippen LogP contribution in [-0.2, 0) is 4.79 Å². The van der Waals surface area contributed by atoms with Crippen LogP contribution in [0, 0.1) is 17.8 Å². The number of hydrogen-bond acceptors (Lipinski definition) is 1. The van der Waals surface area contributed by atoms with Crippen LogP contribution >= 0.6 is 0 Å². The minimum atomic E-state index is -0.574. The largest absolute Gasteiger partial charge is 0.481 e. The molecule has 2 heteroatoms. The van der Waals surface area contributed by atoms with Gasteiger partial charge in [-0.05, 0) is 37.5 Å². The van der Waals surface area contributed by atoms with Crippen LogP contribution in [0.25, 0.3) is 0 Å². The van der Waals surface area contributed by atoms with E-state index in [9.17, 15) is 4.79 Å². The highest BCUT2D eigenvalue weighted by Crippen LogP contribution is 2.40. The molecule has 2 aliphatic rings. The Kier molecular flexibility index (Phi) is 3.09. The predicted octanol–water partition coefficient (Wildman–Crippen LogP) is 3.07. The van der Waals surface area contributed by atoms with E-state index in [1.165, 1.54) is 38.5 Å². The molecule has 0 saturated heterocycles. The molecule has 2 saturated carbocycles. The van der Waals surface area contributed by atoms with Gasteiger partial charge in [-0.1, -0.05) is 25.7 Å². The summed E-state index contributed by atoms with van der Waals surface area (Å²) in [5.74, 6) is 1.18. The third kappa shape index (κ3) is 2.10. The van der Waals surface area contributed by atoms with E-state index in [1.54, 1.807) is 0 Å². The normalized spacial score (nSPS) is 34.6. The Hall–Kier alpha value is -0.530. The van der Waals surface area contributed by atoms with Crippen molar-refractivity contribution in [1.82, 2.24) is 0 Å². The molecule has 0 atom stereocenters. The maximum Gasteiger partial charge on any atom is 0.306 e. The molecule has 0 unspecified atom stereocenters. The predicted molar refractivity (Wildman–Crippen MR) is 55.0 cm³/mol. The molecule has 0 radical (unpaired) electrons. The van der Waals surface area contributed by atoms with Crippen LogP contribution in [0.1, 0.15) is 51.4 Å². The van der Waals surface area contributed by atoms with E-state index in [4.69, 9.17) is 5.11 Å². The molecule has 1 N–H and O–H groups in total. The van der Waals surface area contributed by atoms with E-state index < -0.39 is 5.97 Å². The maximum atomic E-state index is 10.8. The van der Waals surface area contributed by atoms with Crippen LogP contribution in [0.3, 0.4) is 0 Å². The lowest BCUT2D eigenvalue weighted by Gasteiger charge is -2.30. The van der Waals surface area contributed by atoms with Gasteiger partial charge in [0.1, 0.15) is 0 Å². The zero-order valence-corrected chi connectivity index (χ0v) is 8.74. The summed E-state index contributed by atoms with van der Waals surface area (Å²) in [6.45, 7) is 0. The van der Waals surface area contributed by atoms with Gasteiger partial charge in [0.2, 0.25) is 0 Å². The topological polar surface area (TPSA) is 37.3 Å². The van der Waals surface area contributed by atoms with Crippen molar-refractivity contribution in [3.63, 3.8) is 0 Å². The van der Waals surface area contributed by atoms with Crippen molar-refractivity contribution in [2.45, 2.75) is 51.4 Å². The van der Waals surface area contributed by atoms with E-state index in [0.29, 0.717) is 0 Å². The van der Waals surface area contributed by atoms with Gasteiger partial charge in [0.15, 0.2) is 0 Å². The molecule has 2 rings (SSSR count). The molecule has 2 fully saturated rings. The second-order valence-corrected chi connectivity index (χ2v) is 4.99. The summed E-state index contributed by atoms with van der Waals surface area (Å²) in [4.78, 5) is 10.8. The number of rotatable bonds is 2. The van der Waals surface area contributed by atoms with Crippen molar-refractivity contribution < 1.29 is 9.90 Å². The molecule has 80 valence electrons. The number of carbonyl (C=O) groups is 1. The molecule has 14 heavy (non-hydrogen) atoms. The fourth-order valence-electron chi connectivity index (χ4n) is 3.27. The minimum absolute atomic E-state index is 0.0346. The van der Waals surface area contributed by atoms with Crippen LogP contribution in [-0.4, -0.2) is 11.1 Å². The average Bonchev–Trinajstić information content (AvgIpc) is 2.71. The Morgan fingerprint density at radius 3 is 1.86 bits per heavy atom. The maximum absolute atomic E-state index is 10.8. The number of carboxylic acids is 1. The zero-order valence-electron chi connectivity index (χ0n) is 8.74. The molecular formula is C12H20O2. The second-order valence-electron chi connectivity index (χ2n) is 4.99. The summed E-state index contributed by atoms with van der Waals surface area (Å²) in [5, 5.41) is 8.89. The molecule has 0 aromatic rings. The van der Waals surface area contributed by atoms with Crippen LogP contribution in [0.2, 0.25) is 0 Å². The minimum Gasteiger partial charge on any atom is -0.481 e. The van der Waals surface area contributed by atoms with Gasteiger partial charge in [0.05, 0.1) is 5.92 Å². The standard InChI is InChI=1S/C12H20O2/c13-12(14)11-7-5-10(6-8-11)9-3-1-2-4-9/h9-11H,1-8H2,(H,13,14)/t10-,11-. The number of hydrogen-bond donors (Lipinski definition) is 1. The van der Waals surface area contributed by atoms with Crippen molar-refractivity contribution in [3.05, 3.63) is 0 Å². The second kappa shape index (κ2) is 4.33. The van der Waals surface area contributed by atoms with Crippen LogP contribution in [0.5, 0.6) is 0 Å². The molecule has 0 heterocycles. The van der Waals surface area contributed by atoms with Gasteiger partial charge in [0.25, 0.3) is 0 Å². The zero-order chi connectivity index (χ0) is 9.97. The molecule has 0 amide bonds. The fourth-order valence-corrected chi connectivity index (χ4v) is 3.27. The van der Waals surface area contributed by atoms with Crippen molar-refractivity contribution in [1.29, 1.82) is 0 Å². The lowest BCUT2D eigenvalue weighted by molar-refractivity contribution is -0.143. The Morgan fingerprint density at radius 1 is 0.857 bits per heavy atom. The van der Waals surface area contributed by atoms with E-state index in [0.717, 1.165) is 24.7 Å². The van der Waals surface area contributed by atoms with Gasteiger partial charge < -0.3 is 5.11 Å². The van der Waals surface area contributed by atoms with E-state index in [1.807, 2.05) is 0 Å². The SMILES string of the molecule is O=C(O)[C@H]1CC[C@H](C2CCCC2)CC1. The summed E-state index contributed by atoms with van der Waals surface area (Å²) >= 11 is 0. The van der Waals surface area contributed by atoms with Crippen molar-refractivity contribution in [2.75, 3.05) is 0 Å². The summed E-state index contributed by atoms with van der Waals surface area (Å²) in [6.07, 6.45) is 9.81. The summed E-state index contributed by atoms with van der Waals surface area (Å²) in [7, 11) is 0. The number of aliphatic carboxylic acids is 1. The average molecular weight is 196 g/mol. The lowest BCUT2D eigenvalue weighted by Crippen LogP contribution is -2.24. The highest BCUT2D eigenvalue weighted by Gasteiger charge is 2.31. The molecule has 0 aliphatic heterocycles. The molecule has 0 spiro atoms. The van der Waals surface area contributed by atoms with E-state index in [2.05, 4.69) is 0 Å². The fraction of sp³-hybridized carbons (Fsp3) is 0.917. The first-order valence-electron chi connectivity index (χ1n) is 6.00. The lowest BCUT2D eigenvalue weighted by atomic mass is 9.75. The molecule has 0 aromatic heterocycles. The molecule has 0 bridgehead atoms. The third-order valence-electron chi connectivity index (χ3n) is 4.19. The van der Waals surface area contributed by atoms with Crippen LogP contribution in [0.15, 0.2) is 0 Å². The van der Waals surface area contributed by atoms with Crippen molar-refractivity contribution in [2.24, 2.45) is 17.8 Å². The summed E-state index contributed by atoms with van der Waals surface area (Å²) in [6, 6.07) is 0.